The number of hydrogen-bond acceptors (Lipinski definition) is 5. The second kappa shape index (κ2) is 7.40. The Hall–Kier alpha value is -2.89. The summed E-state index contributed by atoms with van der Waals surface area (Å²) in [6, 6.07) is 9.46. The van der Waals surface area contributed by atoms with Gasteiger partial charge in [-0.3, -0.25) is 9.59 Å². The van der Waals surface area contributed by atoms with Crippen LogP contribution in [0.25, 0.3) is 0 Å². The van der Waals surface area contributed by atoms with Crippen LogP contribution in [0.2, 0.25) is 0 Å². The molecule has 120 valence electrons. The lowest BCUT2D eigenvalue weighted by atomic mass is 10.1. The van der Waals surface area contributed by atoms with Gasteiger partial charge in [0.05, 0.1) is 17.9 Å². The summed E-state index contributed by atoms with van der Waals surface area (Å²) in [5.74, 6) is -0.582. The summed E-state index contributed by atoms with van der Waals surface area (Å²) in [5, 5.41) is 3.01. The minimum atomic E-state index is -0.582. The first-order valence-electron chi connectivity index (χ1n) is 7.22. The molecule has 0 amide bonds. The maximum atomic E-state index is 12.1. The third kappa shape index (κ3) is 3.66. The van der Waals surface area contributed by atoms with Gasteiger partial charge in [0.2, 0.25) is 0 Å². The molecule has 0 fully saturated rings. The number of benzene rings is 1. The van der Waals surface area contributed by atoms with E-state index >= 15 is 0 Å². The maximum Gasteiger partial charge on any atom is 0.341 e. The molecular weight excluding hydrogens is 296 g/mol. The molecule has 2 rings (SSSR count). The molecule has 0 aliphatic carbocycles. The van der Waals surface area contributed by atoms with Gasteiger partial charge in [0, 0.05) is 19.8 Å². The zero-order chi connectivity index (χ0) is 16.8. The van der Waals surface area contributed by atoms with Crippen molar-refractivity contribution < 1.29 is 14.3 Å². The van der Waals surface area contributed by atoms with Gasteiger partial charge in [-0.2, -0.15) is 0 Å². The van der Waals surface area contributed by atoms with E-state index in [1.807, 2.05) is 30.3 Å². The van der Waals surface area contributed by atoms with Crippen molar-refractivity contribution >= 4 is 17.9 Å². The van der Waals surface area contributed by atoms with Gasteiger partial charge < -0.3 is 14.6 Å². The Morgan fingerprint density at radius 1 is 1.30 bits per heavy atom. The number of pyridine rings is 1. The summed E-state index contributed by atoms with van der Waals surface area (Å²) in [7, 11) is 1.49. The van der Waals surface area contributed by atoms with Crippen molar-refractivity contribution in [1.82, 2.24) is 4.57 Å². The Bertz CT molecular complexity index is 766. The molecule has 0 unspecified atom stereocenters. The van der Waals surface area contributed by atoms with Crippen LogP contribution in [-0.4, -0.2) is 23.4 Å². The van der Waals surface area contributed by atoms with E-state index in [1.54, 1.807) is 6.92 Å². The van der Waals surface area contributed by atoms with E-state index in [0.29, 0.717) is 12.8 Å². The molecule has 6 heteroatoms. The molecule has 1 aromatic carbocycles. The van der Waals surface area contributed by atoms with Crippen LogP contribution in [-0.2, 0) is 18.3 Å². The number of esters is 1. The van der Waals surface area contributed by atoms with E-state index < -0.39 is 11.5 Å². The summed E-state index contributed by atoms with van der Waals surface area (Å²) in [5.41, 5.74) is 0.759. The second-order valence-electron chi connectivity index (χ2n) is 4.92. The predicted octanol–water partition coefficient (Wildman–Crippen LogP) is 1.99. The molecular formula is C17H18N2O4. The maximum absolute atomic E-state index is 12.1. The van der Waals surface area contributed by atoms with Crippen LogP contribution in [0.1, 0.15) is 33.2 Å². The fraction of sp³-hybridized carbons (Fsp3) is 0.235. The zero-order valence-electron chi connectivity index (χ0n) is 13.0. The number of nitrogens with one attached hydrogen (secondary N) is 1. The van der Waals surface area contributed by atoms with E-state index in [2.05, 4.69) is 5.32 Å². The van der Waals surface area contributed by atoms with Crippen molar-refractivity contribution in [3.8, 4) is 0 Å². The van der Waals surface area contributed by atoms with Crippen molar-refractivity contribution in [1.29, 1.82) is 0 Å². The lowest BCUT2D eigenvalue weighted by Crippen LogP contribution is -2.26. The highest BCUT2D eigenvalue weighted by atomic mass is 16.5. The number of carbonyl (C=O) groups excluding carboxylic acids is 2. The molecule has 0 bridgehead atoms. The molecule has 1 heterocycles. The third-order valence-corrected chi connectivity index (χ3v) is 3.34. The fourth-order valence-corrected chi connectivity index (χ4v) is 2.21. The Morgan fingerprint density at radius 3 is 2.61 bits per heavy atom. The summed E-state index contributed by atoms with van der Waals surface area (Å²) in [4.78, 5) is 35.6. The molecule has 1 aromatic heterocycles. The monoisotopic (exact) mass is 314 g/mol. The molecule has 2 aromatic rings. The molecule has 1 N–H and O–H groups in total. The van der Waals surface area contributed by atoms with Crippen LogP contribution in [0.3, 0.4) is 0 Å². The highest BCUT2D eigenvalue weighted by molar-refractivity contribution is 6.00. The van der Waals surface area contributed by atoms with Crippen molar-refractivity contribution in [3.05, 3.63) is 63.6 Å². The van der Waals surface area contributed by atoms with Crippen LogP contribution in [0, 0.1) is 0 Å². The Labute approximate surface area is 133 Å². The van der Waals surface area contributed by atoms with E-state index in [4.69, 9.17) is 4.74 Å². The first-order chi connectivity index (χ1) is 11.1. The summed E-state index contributed by atoms with van der Waals surface area (Å²) < 4.78 is 6.20. The van der Waals surface area contributed by atoms with E-state index in [9.17, 15) is 14.4 Å². The number of aldehydes is 1. The normalized spacial score (nSPS) is 10.2. The SMILES string of the molecule is CCOC(=O)c1cn(C)c(=O)c(C=O)c1NCc1ccccc1. The number of ether oxygens (including phenoxy) is 1. The lowest BCUT2D eigenvalue weighted by Gasteiger charge is -2.15. The number of hydrogen-bond donors (Lipinski definition) is 1. The quantitative estimate of drug-likeness (QED) is 0.652. The van der Waals surface area contributed by atoms with E-state index in [0.717, 1.165) is 5.56 Å². The molecule has 0 aliphatic heterocycles. The number of carbonyl (C=O) groups is 2. The van der Waals surface area contributed by atoms with Gasteiger partial charge in [-0.1, -0.05) is 30.3 Å². The minimum absolute atomic E-state index is 0.0889. The molecule has 0 aliphatic rings. The number of aromatic nitrogens is 1. The molecule has 0 saturated heterocycles. The van der Waals surface area contributed by atoms with Crippen LogP contribution < -0.4 is 10.9 Å². The predicted molar refractivity (Wildman–Crippen MR) is 86.8 cm³/mol. The molecule has 0 radical (unpaired) electrons. The Morgan fingerprint density at radius 2 is 2.00 bits per heavy atom. The van der Waals surface area contributed by atoms with Crippen LogP contribution in [0.4, 0.5) is 5.69 Å². The van der Waals surface area contributed by atoms with Gasteiger partial charge in [0.1, 0.15) is 5.56 Å². The molecule has 0 atom stereocenters. The number of nitrogens with zero attached hydrogens (tertiary/aromatic N) is 1. The third-order valence-electron chi connectivity index (χ3n) is 3.34. The summed E-state index contributed by atoms with van der Waals surface area (Å²) in [6.07, 6.45) is 1.83. The Kier molecular flexibility index (Phi) is 5.30. The largest absolute Gasteiger partial charge is 0.462 e. The van der Waals surface area contributed by atoms with Gasteiger partial charge in [0.25, 0.3) is 5.56 Å². The first-order valence-corrected chi connectivity index (χ1v) is 7.22. The Balaban J connectivity index is 2.45. The summed E-state index contributed by atoms with van der Waals surface area (Å²) >= 11 is 0. The summed E-state index contributed by atoms with van der Waals surface area (Å²) in [6.45, 7) is 2.27. The highest BCUT2D eigenvalue weighted by Crippen LogP contribution is 2.19. The highest BCUT2D eigenvalue weighted by Gasteiger charge is 2.20. The lowest BCUT2D eigenvalue weighted by molar-refractivity contribution is 0.0526. The smallest absolute Gasteiger partial charge is 0.341 e. The van der Waals surface area contributed by atoms with Gasteiger partial charge in [-0.15, -0.1) is 0 Å². The topological polar surface area (TPSA) is 77.4 Å². The van der Waals surface area contributed by atoms with Crippen LogP contribution in [0.15, 0.2) is 41.3 Å². The molecule has 23 heavy (non-hydrogen) atoms. The van der Waals surface area contributed by atoms with Crippen molar-refractivity contribution in [3.63, 3.8) is 0 Å². The molecule has 0 saturated carbocycles. The van der Waals surface area contributed by atoms with Crippen LogP contribution >= 0.6 is 0 Å². The molecule has 0 spiro atoms. The zero-order valence-corrected chi connectivity index (χ0v) is 13.0. The van der Waals surface area contributed by atoms with Crippen molar-refractivity contribution in [2.75, 3.05) is 11.9 Å². The van der Waals surface area contributed by atoms with Gasteiger partial charge in [-0.05, 0) is 12.5 Å². The van der Waals surface area contributed by atoms with Crippen molar-refractivity contribution in [2.45, 2.75) is 13.5 Å². The molecule has 6 nitrogen and oxygen atoms in total. The van der Waals surface area contributed by atoms with Gasteiger partial charge >= 0.3 is 5.97 Å². The first kappa shape index (κ1) is 16.5. The number of anilines is 1. The van der Waals surface area contributed by atoms with Crippen LogP contribution in [0.5, 0.6) is 0 Å². The second-order valence-corrected chi connectivity index (χ2v) is 4.92. The fourth-order valence-electron chi connectivity index (χ4n) is 2.21. The number of aryl methyl sites for hydroxylation is 1. The average molecular weight is 314 g/mol. The van der Waals surface area contributed by atoms with E-state index in [-0.39, 0.29) is 23.4 Å². The number of rotatable bonds is 6. The van der Waals surface area contributed by atoms with E-state index in [1.165, 1.54) is 17.8 Å². The average Bonchev–Trinajstić information content (AvgIpc) is 2.56. The minimum Gasteiger partial charge on any atom is -0.462 e. The van der Waals surface area contributed by atoms with Gasteiger partial charge in [-0.25, -0.2) is 4.79 Å². The van der Waals surface area contributed by atoms with Crippen molar-refractivity contribution in [2.24, 2.45) is 7.05 Å². The standard InChI is InChI=1S/C17H18N2O4/c1-3-23-17(22)13-10-19(2)16(21)14(11-20)15(13)18-9-12-7-5-4-6-8-12/h4-8,10-11,18H,3,9H2,1-2H3. The van der Waals surface area contributed by atoms with Gasteiger partial charge in [0.15, 0.2) is 6.29 Å².